The number of amides is 1. The molecule has 4 rings (SSSR count). The molecule has 0 aliphatic heterocycles. The highest BCUT2D eigenvalue weighted by molar-refractivity contribution is 8.00. The second-order valence-corrected chi connectivity index (χ2v) is 8.27. The summed E-state index contributed by atoms with van der Waals surface area (Å²) in [6, 6.07) is 24.8. The van der Waals surface area contributed by atoms with Gasteiger partial charge in [0, 0.05) is 21.8 Å². The fraction of sp³-hybridized carbons (Fsp3) is 0.0870. The lowest BCUT2D eigenvalue weighted by molar-refractivity contribution is -0.115. The number of anilines is 1. The minimum absolute atomic E-state index is 0.144. The van der Waals surface area contributed by atoms with Crippen LogP contribution in [0.5, 0.6) is 0 Å². The number of hydrogen-bond acceptors (Lipinski definition) is 5. The van der Waals surface area contributed by atoms with Crippen LogP contribution in [-0.2, 0) is 4.79 Å². The Hall–Kier alpha value is -3.09. The first-order valence-electron chi connectivity index (χ1n) is 9.31. The fourth-order valence-electron chi connectivity index (χ4n) is 2.87. The Labute approximate surface area is 183 Å². The molecule has 1 amide bonds. The third-order valence-corrected chi connectivity index (χ3v) is 5.60. The van der Waals surface area contributed by atoms with Crippen molar-refractivity contribution in [2.24, 2.45) is 0 Å². The molecule has 1 N–H and O–H groups in total. The summed E-state index contributed by atoms with van der Waals surface area (Å²) in [5.41, 5.74) is 3.53. The molecule has 0 unspecified atom stereocenters. The molecule has 1 atom stereocenters. The van der Waals surface area contributed by atoms with Crippen LogP contribution in [0.4, 0.5) is 5.69 Å². The van der Waals surface area contributed by atoms with Gasteiger partial charge in [-0.25, -0.2) is 0 Å². The highest BCUT2D eigenvalue weighted by Gasteiger charge is 2.20. The zero-order chi connectivity index (χ0) is 20.9. The Balaban J connectivity index is 1.45. The number of benzene rings is 3. The van der Waals surface area contributed by atoms with Crippen molar-refractivity contribution in [1.29, 1.82) is 0 Å². The van der Waals surface area contributed by atoms with E-state index in [1.54, 1.807) is 31.2 Å². The van der Waals surface area contributed by atoms with Crippen LogP contribution in [0.3, 0.4) is 0 Å². The third-order valence-electron chi connectivity index (χ3n) is 4.41. The summed E-state index contributed by atoms with van der Waals surface area (Å²) in [6.45, 7) is 1.80. The van der Waals surface area contributed by atoms with Crippen LogP contribution in [0.15, 0.2) is 88.5 Å². The first-order chi connectivity index (χ1) is 14.6. The number of nitrogens with one attached hydrogen (secondary N) is 1. The van der Waals surface area contributed by atoms with Crippen LogP contribution < -0.4 is 5.32 Å². The first kappa shape index (κ1) is 20.2. The lowest BCUT2D eigenvalue weighted by atomic mass is 10.0. The van der Waals surface area contributed by atoms with Gasteiger partial charge in [-0.05, 0) is 42.8 Å². The van der Waals surface area contributed by atoms with Gasteiger partial charge in [-0.3, -0.25) is 4.79 Å². The second kappa shape index (κ2) is 9.15. The molecule has 4 aromatic rings. The van der Waals surface area contributed by atoms with Gasteiger partial charge in [-0.1, -0.05) is 71.9 Å². The van der Waals surface area contributed by atoms with E-state index in [0.717, 1.165) is 22.4 Å². The van der Waals surface area contributed by atoms with Crippen LogP contribution in [0.1, 0.15) is 6.92 Å². The van der Waals surface area contributed by atoms with E-state index in [9.17, 15) is 4.79 Å². The number of hydrogen-bond donors (Lipinski definition) is 1. The molecule has 7 heteroatoms. The number of nitrogens with zero attached hydrogens (tertiary/aromatic N) is 2. The number of carbonyl (C=O) groups excluding carboxylic acids is 1. The number of carbonyl (C=O) groups is 1. The van der Waals surface area contributed by atoms with Crippen LogP contribution in [-0.4, -0.2) is 21.4 Å². The van der Waals surface area contributed by atoms with Crippen molar-refractivity contribution in [2.75, 3.05) is 5.32 Å². The maximum atomic E-state index is 12.8. The van der Waals surface area contributed by atoms with Crippen molar-refractivity contribution in [1.82, 2.24) is 10.2 Å². The Kier molecular flexibility index (Phi) is 6.16. The smallest absolute Gasteiger partial charge is 0.277 e. The summed E-state index contributed by atoms with van der Waals surface area (Å²) < 4.78 is 5.69. The van der Waals surface area contributed by atoms with Gasteiger partial charge in [0.05, 0.1) is 5.25 Å². The zero-order valence-electron chi connectivity index (χ0n) is 16.1. The van der Waals surface area contributed by atoms with E-state index in [0.29, 0.717) is 16.1 Å². The Morgan fingerprint density at radius 3 is 2.40 bits per heavy atom. The first-order valence-corrected chi connectivity index (χ1v) is 10.6. The van der Waals surface area contributed by atoms with E-state index < -0.39 is 5.25 Å². The molecule has 0 radical (unpaired) electrons. The fourth-order valence-corrected chi connectivity index (χ4v) is 3.68. The van der Waals surface area contributed by atoms with Gasteiger partial charge >= 0.3 is 0 Å². The summed E-state index contributed by atoms with van der Waals surface area (Å²) in [6.07, 6.45) is 0. The normalized spacial score (nSPS) is 11.8. The molecule has 0 aliphatic rings. The third kappa shape index (κ3) is 4.72. The van der Waals surface area contributed by atoms with E-state index in [1.807, 2.05) is 54.6 Å². The van der Waals surface area contributed by atoms with Crippen molar-refractivity contribution >= 4 is 35.0 Å². The molecule has 150 valence electrons. The zero-order valence-corrected chi connectivity index (χ0v) is 17.7. The largest absolute Gasteiger partial charge is 0.411 e. The SMILES string of the molecule is C[C@@H](Sc1nnc(-c2ccc(Cl)cc2)o1)C(=O)Nc1ccccc1-c1ccccc1. The Morgan fingerprint density at radius 2 is 1.63 bits per heavy atom. The summed E-state index contributed by atoms with van der Waals surface area (Å²) in [7, 11) is 0. The van der Waals surface area contributed by atoms with Crippen molar-refractivity contribution in [3.8, 4) is 22.6 Å². The average molecular weight is 436 g/mol. The molecular weight excluding hydrogens is 418 g/mol. The van der Waals surface area contributed by atoms with Crippen molar-refractivity contribution in [2.45, 2.75) is 17.4 Å². The molecular formula is C23H18ClN3O2S. The van der Waals surface area contributed by atoms with Crippen molar-refractivity contribution < 1.29 is 9.21 Å². The summed E-state index contributed by atoms with van der Waals surface area (Å²) in [5.74, 6) is 0.242. The molecule has 0 saturated heterocycles. The molecule has 0 saturated carbocycles. The Bertz CT molecular complexity index is 1150. The maximum absolute atomic E-state index is 12.8. The summed E-state index contributed by atoms with van der Waals surface area (Å²) >= 11 is 7.12. The molecule has 5 nitrogen and oxygen atoms in total. The lowest BCUT2D eigenvalue weighted by Gasteiger charge is -2.14. The van der Waals surface area contributed by atoms with Crippen LogP contribution in [0, 0.1) is 0 Å². The van der Waals surface area contributed by atoms with Crippen LogP contribution in [0.25, 0.3) is 22.6 Å². The minimum Gasteiger partial charge on any atom is -0.411 e. The second-order valence-electron chi connectivity index (χ2n) is 6.54. The van der Waals surface area contributed by atoms with E-state index in [-0.39, 0.29) is 5.91 Å². The Morgan fingerprint density at radius 1 is 0.933 bits per heavy atom. The number of para-hydroxylation sites is 1. The van der Waals surface area contributed by atoms with E-state index in [2.05, 4.69) is 15.5 Å². The molecule has 30 heavy (non-hydrogen) atoms. The topological polar surface area (TPSA) is 68.0 Å². The molecule has 1 aromatic heterocycles. The van der Waals surface area contributed by atoms with Gasteiger partial charge in [-0.15, -0.1) is 10.2 Å². The van der Waals surface area contributed by atoms with Gasteiger partial charge in [0.2, 0.25) is 11.8 Å². The predicted molar refractivity (Wildman–Crippen MR) is 121 cm³/mol. The van der Waals surface area contributed by atoms with Crippen LogP contribution >= 0.6 is 23.4 Å². The summed E-state index contributed by atoms with van der Waals surface area (Å²) in [4.78, 5) is 12.8. The number of rotatable bonds is 6. The highest BCUT2D eigenvalue weighted by atomic mass is 35.5. The van der Waals surface area contributed by atoms with Gasteiger partial charge in [0.25, 0.3) is 5.22 Å². The van der Waals surface area contributed by atoms with Crippen LogP contribution in [0.2, 0.25) is 5.02 Å². The molecule has 0 aliphatic carbocycles. The number of aromatic nitrogens is 2. The minimum atomic E-state index is -0.424. The average Bonchev–Trinajstić information content (AvgIpc) is 3.23. The van der Waals surface area contributed by atoms with Crippen molar-refractivity contribution in [3.05, 3.63) is 83.9 Å². The summed E-state index contributed by atoms with van der Waals surface area (Å²) in [5, 5.41) is 11.6. The lowest BCUT2D eigenvalue weighted by Crippen LogP contribution is -2.22. The van der Waals surface area contributed by atoms with Crippen molar-refractivity contribution in [3.63, 3.8) is 0 Å². The molecule has 0 spiro atoms. The standard InChI is InChI=1S/C23H18ClN3O2S/c1-15(30-23-27-26-22(29-23)17-11-13-18(24)14-12-17)21(28)25-20-10-6-5-9-19(20)16-7-3-2-4-8-16/h2-15H,1H3,(H,25,28)/t15-/m1/s1. The number of thioether (sulfide) groups is 1. The number of halogens is 1. The van der Waals surface area contributed by atoms with E-state index in [4.69, 9.17) is 16.0 Å². The van der Waals surface area contributed by atoms with E-state index in [1.165, 1.54) is 11.8 Å². The predicted octanol–water partition coefficient (Wildman–Crippen LogP) is 6.18. The van der Waals surface area contributed by atoms with Gasteiger partial charge in [-0.2, -0.15) is 0 Å². The highest BCUT2D eigenvalue weighted by Crippen LogP contribution is 2.30. The van der Waals surface area contributed by atoms with Gasteiger partial charge in [0.1, 0.15) is 0 Å². The molecule has 0 fully saturated rings. The molecule has 3 aromatic carbocycles. The van der Waals surface area contributed by atoms with E-state index >= 15 is 0 Å². The van der Waals surface area contributed by atoms with Gasteiger partial charge in [0.15, 0.2) is 0 Å². The molecule has 1 heterocycles. The maximum Gasteiger partial charge on any atom is 0.277 e. The molecule has 0 bridgehead atoms. The monoisotopic (exact) mass is 435 g/mol. The van der Waals surface area contributed by atoms with Gasteiger partial charge < -0.3 is 9.73 Å². The quantitative estimate of drug-likeness (QED) is 0.366.